The van der Waals surface area contributed by atoms with Crippen molar-refractivity contribution < 1.29 is 24.2 Å². The number of aromatic nitrogens is 4. The van der Waals surface area contributed by atoms with Gasteiger partial charge in [0.2, 0.25) is 5.88 Å². The molecule has 4 fully saturated rings. The van der Waals surface area contributed by atoms with Gasteiger partial charge in [-0.05, 0) is 82.8 Å². The van der Waals surface area contributed by atoms with Crippen molar-refractivity contribution in [3.63, 3.8) is 0 Å². The average Bonchev–Trinajstić information content (AvgIpc) is 3.78. The number of hydrogen-bond donors (Lipinski definition) is 3. The second kappa shape index (κ2) is 8.95. The number of nitrogens with one attached hydrogen (secondary N) is 1. The maximum Gasteiger partial charge on any atom is 0.255 e. The first-order valence-electron chi connectivity index (χ1n) is 14.3. The van der Waals surface area contributed by atoms with Crippen LogP contribution in [0.5, 0.6) is 11.6 Å². The van der Waals surface area contributed by atoms with Gasteiger partial charge < -0.3 is 25.6 Å². The lowest BCUT2D eigenvalue weighted by Gasteiger charge is -2.57. The van der Waals surface area contributed by atoms with Gasteiger partial charge in [-0.2, -0.15) is 5.10 Å². The number of carbonyl (C=O) groups excluding carboxylic acids is 2. The van der Waals surface area contributed by atoms with Crippen LogP contribution in [-0.2, 0) is 0 Å². The van der Waals surface area contributed by atoms with Crippen molar-refractivity contribution in [3.8, 4) is 11.6 Å². The Morgan fingerprint density at radius 1 is 1.15 bits per heavy atom. The fourth-order valence-electron chi connectivity index (χ4n) is 6.33. The van der Waals surface area contributed by atoms with Gasteiger partial charge in [0.05, 0.1) is 34.6 Å². The van der Waals surface area contributed by atoms with Gasteiger partial charge in [0.1, 0.15) is 24.0 Å². The number of primary amides is 1. The number of carbonyl (C=O) groups is 2. The summed E-state index contributed by atoms with van der Waals surface area (Å²) in [5.41, 5.74) is 7.39. The van der Waals surface area contributed by atoms with Crippen molar-refractivity contribution in [3.05, 3.63) is 41.3 Å². The molecule has 0 atom stereocenters. The SMILES string of the molecule is CC(C)(O)COc1ccc2c(C(=O)N[C@H]3CC4(C3)C[C@H](Oc3nn(C5CC5)cc3C(N)=O)C4)cnn2c1C1CC1. The largest absolute Gasteiger partial charge is 0.489 e. The number of nitrogens with zero attached hydrogens (tertiary/aromatic N) is 4. The predicted molar refractivity (Wildman–Crippen MR) is 145 cm³/mol. The summed E-state index contributed by atoms with van der Waals surface area (Å²) in [5, 5.41) is 22.3. The second-order valence-electron chi connectivity index (χ2n) is 13.0. The van der Waals surface area contributed by atoms with Crippen LogP contribution in [0.15, 0.2) is 24.5 Å². The Labute approximate surface area is 232 Å². The first-order valence-corrected chi connectivity index (χ1v) is 14.3. The summed E-state index contributed by atoms with van der Waals surface area (Å²) in [6, 6.07) is 4.21. The molecule has 0 radical (unpaired) electrons. The molecular weight excluding hydrogens is 512 g/mol. The van der Waals surface area contributed by atoms with E-state index in [1.165, 1.54) is 0 Å². The van der Waals surface area contributed by atoms with Crippen molar-refractivity contribution in [2.24, 2.45) is 11.1 Å². The lowest BCUT2D eigenvalue weighted by atomic mass is 9.53. The van der Waals surface area contributed by atoms with Gasteiger partial charge in [0.25, 0.3) is 11.8 Å². The zero-order valence-electron chi connectivity index (χ0n) is 22.9. The van der Waals surface area contributed by atoms with E-state index in [0.29, 0.717) is 34.7 Å². The third kappa shape index (κ3) is 4.70. The normalized spacial score (nSPS) is 25.9. The Kier molecular flexibility index (Phi) is 5.68. The minimum Gasteiger partial charge on any atom is -0.489 e. The van der Waals surface area contributed by atoms with E-state index in [1.807, 2.05) is 16.6 Å². The average molecular weight is 549 g/mol. The zero-order chi connectivity index (χ0) is 27.8. The number of rotatable bonds is 10. The summed E-state index contributed by atoms with van der Waals surface area (Å²) in [7, 11) is 0. The number of fused-ring (bicyclic) bond motifs is 1. The smallest absolute Gasteiger partial charge is 0.255 e. The summed E-state index contributed by atoms with van der Waals surface area (Å²) in [5.74, 6) is 0.758. The van der Waals surface area contributed by atoms with Crippen LogP contribution in [0.4, 0.5) is 0 Å². The molecule has 4 N–H and O–H groups in total. The zero-order valence-corrected chi connectivity index (χ0v) is 22.9. The molecule has 3 heterocycles. The van der Waals surface area contributed by atoms with Crippen LogP contribution in [0, 0.1) is 5.41 Å². The number of pyridine rings is 1. The standard InChI is InChI=1S/C29H36N6O5/c1-28(2,38)15-39-23-8-7-22-20(13-31-35(22)24(23)16-3-4-16)26(37)32-17-9-29(10-17)11-19(12-29)40-27-21(25(30)36)14-34(33-27)18-5-6-18/h7-8,13-14,16-19,38H,3-6,9-12,15H2,1-2H3,(H2,30,36)(H,32,37)/t17-,19-,29?. The molecule has 11 heteroatoms. The fraction of sp³-hybridized carbons (Fsp3) is 0.586. The molecule has 0 aromatic carbocycles. The Morgan fingerprint density at radius 3 is 2.55 bits per heavy atom. The van der Waals surface area contributed by atoms with Gasteiger partial charge in [-0.25, -0.2) is 4.52 Å². The summed E-state index contributed by atoms with van der Waals surface area (Å²) in [4.78, 5) is 25.1. The molecular formula is C29H36N6O5. The Balaban J connectivity index is 0.964. The minimum atomic E-state index is -0.941. The molecule has 3 aromatic heterocycles. The molecule has 4 aliphatic carbocycles. The van der Waals surface area contributed by atoms with Gasteiger partial charge >= 0.3 is 0 Å². The van der Waals surface area contributed by atoms with Crippen LogP contribution >= 0.6 is 0 Å². The van der Waals surface area contributed by atoms with Crippen LogP contribution in [0.2, 0.25) is 0 Å². The molecule has 2 amide bonds. The molecule has 7 rings (SSSR count). The van der Waals surface area contributed by atoms with E-state index in [4.69, 9.17) is 15.2 Å². The van der Waals surface area contributed by atoms with E-state index >= 15 is 0 Å². The number of aliphatic hydroxyl groups is 1. The third-order valence-corrected chi connectivity index (χ3v) is 8.65. The number of nitrogens with two attached hydrogens (primary N) is 1. The highest BCUT2D eigenvalue weighted by Gasteiger charge is 2.54. The molecule has 40 heavy (non-hydrogen) atoms. The number of ether oxygens (including phenoxy) is 2. The molecule has 0 aliphatic heterocycles. The van der Waals surface area contributed by atoms with E-state index in [9.17, 15) is 14.7 Å². The predicted octanol–water partition coefficient (Wildman–Crippen LogP) is 3.11. The maximum absolute atomic E-state index is 13.2. The van der Waals surface area contributed by atoms with Crippen LogP contribution in [0.1, 0.15) is 104 Å². The first kappa shape index (κ1) is 25.4. The molecule has 0 unspecified atom stereocenters. The third-order valence-electron chi connectivity index (χ3n) is 8.65. The second-order valence-corrected chi connectivity index (χ2v) is 13.0. The van der Waals surface area contributed by atoms with E-state index in [-0.39, 0.29) is 30.1 Å². The van der Waals surface area contributed by atoms with Crippen molar-refractivity contribution in [1.82, 2.24) is 24.7 Å². The molecule has 11 nitrogen and oxygen atoms in total. The van der Waals surface area contributed by atoms with Crippen LogP contribution in [0.3, 0.4) is 0 Å². The van der Waals surface area contributed by atoms with Gasteiger partial charge in [-0.15, -0.1) is 5.10 Å². The van der Waals surface area contributed by atoms with Crippen LogP contribution < -0.4 is 20.5 Å². The molecule has 3 aromatic rings. The van der Waals surface area contributed by atoms with E-state index < -0.39 is 11.5 Å². The van der Waals surface area contributed by atoms with Crippen molar-refractivity contribution in [2.75, 3.05) is 6.61 Å². The van der Waals surface area contributed by atoms with Crippen molar-refractivity contribution in [2.45, 2.75) is 94.9 Å². The monoisotopic (exact) mass is 548 g/mol. The summed E-state index contributed by atoms with van der Waals surface area (Å²) < 4.78 is 15.7. The maximum atomic E-state index is 13.2. The van der Waals surface area contributed by atoms with E-state index in [2.05, 4.69) is 15.5 Å². The molecule has 212 valence electrons. The highest BCUT2D eigenvalue weighted by Crippen LogP contribution is 2.57. The Bertz CT molecular complexity index is 1480. The number of hydrogen-bond acceptors (Lipinski definition) is 7. The highest BCUT2D eigenvalue weighted by atomic mass is 16.5. The molecule has 0 bridgehead atoms. The van der Waals surface area contributed by atoms with Gasteiger partial charge in [0, 0.05) is 18.2 Å². The van der Waals surface area contributed by atoms with E-state index in [1.54, 1.807) is 30.9 Å². The van der Waals surface area contributed by atoms with Gasteiger partial charge in [-0.3, -0.25) is 14.3 Å². The summed E-state index contributed by atoms with van der Waals surface area (Å²) in [6.07, 6.45) is 11.1. The van der Waals surface area contributed by atoms with Gasteiger partial charge in [-0.1, -0.05) is 0 Å². The first-order chi connectivity index (χ1) is 19.1. The Hall–Kier alpha value is -3.60. The quantitative estimate of drug-likeness (QED) is 0.353. The molecule has 4 aliphatic rings. The van der Waals surface area contributed by atoms with Crippen LogP contribution in [0.25, 0.3) is 5.52 Å². The van der Waals surface area contributed by atoms with Gasteiger partial charge in [0.15, 0.2) is 0 Å². The van der Waals surface area contributed by atoms with E-state index in [0.717, 1.165) is 62.6 Å². The molecule has 1 spiro atoms. The topological polar surface area (TPSA) is 146 Å². The Morgan fingerprint density at radius 2 is 1.90 bits per heavy atom. The molecule has 4 saturated carbocycles. The minimum absolute atomic E-state index is 0.00518. The highest BCUT2D eigenvalue weighted by molar-refractivity contribution is 6.01. The van der Waals surface area contributed by atoms with Crippen LogP contribution in [-0.4, -0.2) is 60.7 Å². The van der Waals surface area contributed by atoms with Crippen molar-refractivity contribution in [1.29, 1.82) is 0 Å². The number of amides is 2. The molecule has 0 saturated heterocycles. The lowest BCUT2D eigenvalue weighted by molar-refractivity contribution is -0.0849. The summed E-state index contributed by atoms with van der Waals surface area (Å²) >= 11 is 0. The lowest BCUT2D eigenvalue weighted by Crippen LogP contribution is -2.58. The fourth-order valence-corrected chi connectivity index (χ4v) is 6.33. The summed E-state index contributed by atoms with van der Waals surface area (Å²) in [6.45, 7) is 3.60. The van der Waals surface area contributed by atoms with Crippen molar-refractivity contribution >= 4 is 17.3 Å².